The molecule has 41 heavy (non-hydrogen) atoms. The van der Waals surface area contributed by atoms with E-state index in [1.807, 2.05) is 13.0 Å². The quantitative estimate of drug-likeness (QED) is 0.417. The van der Waals surface area contributed by atoms with Crippen LogP contribution in [0.1, 0.15) is 93.2 Å². The van der Waals surface area contributed by atoms with Gasteiger partial charge in [-0.25, -0.2) is 4.98 Å². The summed E-state index contributed by atoms with van der Waals surface area (Å²) in [5.41, 5.74) is 0.715. The fourth-order valence-electron chi connectivity index (χ4n) is 7.36. The largest absolute Gasteiger partial charge is 0.388 e. The van der Waals surface area contributed by atoms with Crippen molar-refractivity contribution in [1.29, 1.82) is 0 Å². The summed E-state index contributed by atoms with van der Waals surface area (Å²) in [7, 11) is 0. The zero-order valence-corrected chi connectivity index (χ0v) is 24.7. The van der Waals surface area contributed by atoms with E-state index in [2.05, 4.69) is 15.4 Å². The van der Waals surface area contributed by atoms with E-state index in [1.165, 1.54) is 61.0 Å². The summed E-state index contributed by atoms with van der Waals surface area (Å²) < 4.78 is 7.73. The smallest absolute Gasteiger partial charge is 0.281 e. The molecule has 3 aliphatic rings. The Morgan fingerprint density at radius 1 is 1.17 bits per heavy atom. The highest BCUT2D eigenvalue weighted by molar-refractivity contribution is 7.07. The third-order valence-corrected chi connectivity index (χ3v) is 10.8. The molecule has 0 bridgehead atoms. The predicted octanol–water partition coefficient (Wildman–Crippen LogP) is 4.44. The average molecular weight is 577 g/mol. The van der Waals surface area contributed by atoms with Gasteiger partial charge >= 0.3 is 0 Å². The maximum atomic E-state index is 13.4. The number of carbonyl (C=O) groups excluding carboxylic acids is 1. The van der Waals surface area contributed by atoms with Crippen molar-refractivity contribution in [1.82, 2.24) is 28.6 Å². The van der Waals surface area contributed by atoms with E-state index in [4.69, 9.17) is 11.4 Å². The van der Waals surface area contributed by atoms with Crippen LogP contribution in [0.5, 0.6) is 0 Å². The number of hydrogen-bond acceptors (Lipinski definition) is 7. The zero-order chi connectivity index (χ0) is 28.6. The predicted molar refractivity (Wildman–Crippen MR) is 159 cm³/mol. The summed E-state index contributed by atoms with van der Waals surface area (Å²) in [6.45, 7) is 2.82. The number of likely N-dealkylation sites (tertiary alicyclic amines) is 1. The van der Waals surface area contributed by atoms with E-state index >= 15 is 0 Å². The first-order valence-corrected chi connectivity index (χ1v) is 15.9. The average Bonchev–Trinajstić information content (AvgIpc) is 3.75. The number of nitrogens with zero attached hydrogens (tertiary/aromatic N) is 6. The fourth-order valence-corrected chi connectivity index (χ4v) is 8.31. The Kier molecular flexibility index (Phi) is 8.01. The summed E-state index contributed by atoms with van der Waals surface area (Å²) in [6.07, 6.45) is 20.3. The molecule has 4 heterocycles. The van der Waals surface area contributed by atoms with Crippen LogP contribution in [-0.4, -0.2) is 58.3 Å². The minimum Gasteiger partial charge on any atom is -0.388 e. The number of piperidine rings is 1. The number of terminal acetylenes is 1. The summed E-state index contributed by atoms with van der Waals surface area (Å²) >= 11 is 1.44. The van der Waals surface area contributed by atoms with Gasteiger partial charge in [0.05, 0.1) is 35.5 Å². The number of amides is 1. The van der Waals surface area contributed by atoms with E-state index in [-0.39, 0.29) is 24.4 Å². The lowest BCUT2D eigenvalue weighted by atomic mass is 9.74. The highest BCUT2D eigenvalue weighted by Crippen LogP contribution is 2.46. The lowest BCUT2D eigenvalue weighted by Gasteiger charge is -2.38. The van der Waals surface area contributed by atoms with E-state index < -0.39 is 11.6 Å². The highest BCUT2D eigenvalue weighted by Gasteiger charge is 2.36. The third-order valence-electron chi connectivity index (χ3n) is 9.77. The van der Waals surface area contributed by atoms with Crippen molar-refractivity contribution in [3.05, 3.63) is 39.5 Å². The second kappa shape index (κ2) is 11.7. The van der Waals surface area contributed by atoms with Gasteiger partial charge in [-0.1, -0.05) is 44.4 Å². The van der Waals surface area contributed by atoms with Gasteiger partial charge in [0.2, 0.25) is 5.91 Å². The Hall–Kier alpha value is -3.03. The molecule has 9 nitrogen and oxygen atoms in total. The van der Waals surface area contributed by atoms with Crippen molar-refractivity contribution in [3.8, 4) is 12.3 Å². The van der Waals surface area contributed by atoms with Gasteiger partial charge in [0.15, 0.2) is 5.52 Å². The molecule has 2 saturated carbocycles. The topological polar surface area (TPSA) is 106 Å². The normalized spacial score (nSPS) is 24.0. The molecule has 10 heteroatoms. The van der Waals surface area contributed by atoms with Crippen molar-refractivity contribution in [2.75, 3.05) is 13.1 Å². The molecule has 1 N–H and O–H groups in total. The second-order valence-corrected chi connectivity index (χ2v) is 13.3. The number of fused-ring (bicyclic) bond motifs is 1. The lowest BCUT2D eigenvalue weighted by Crippen LogP contribution is -2.50. The Bertz CT molecular complexity index is 1490. The van der Waals surface area contributed by atoms with Crippen LogP contribution in [0.2, 0.25) is 0 Å². The van der Waals surface area contributed by atoms with Crippen molar-refractivity contribution in [3.63, 3.8) is 0 Å². The molecular weight excluding hydrogens is 536 g/mol. The van der Waals surface area contributed by atoms with Crippen molar-refractivity contribution in [2.24, 2.45) is 11.8 Å². The molecule has 218 valence electrons. The summed E-state index contributed by atoms with van der Waals surface area (Å²) in [5, 5.41) is 15.7. The minimum absolute atomic E-state index is 0.0590. The SMILES string of the molecule is C#C[C@H](CC(=O)N1CCC(O)(Cn2cnc3c(C4CCCC(C5CCCC5)C4)snc3c2=O)CC1)n1ccc(C)n1. The molecule has 3 atom stereocenters. The number of rotatable bonds is 7. The summed E-state index contributed by atoms with van der Waals surface area (Å²) in [6, 6.07) is 1.41. The molecule has 0 aromatic carbocycles. The standard InChI is InChI=1S/C31H40N6O3S/c1-3-25(37-14-11-21(2)33-37)18-26(38)35-15-12-31(40,13-16-35)19-36-20-32-27-28(30(36)39)34-41-29(27)24-10-6-9-23(17-24)22-7-4-5-8-22/h1,11,14,20,22-25,40H,4-10,12-13,15-19H2,2H3/t23?,24?,25-/m1/s1. The van der Waals surface area contributed by atoms with Crippen LogP contribution in [0.15, 0.2) is 23.4 Å². The molecule has 3 fully saturated rings. The van der Waals surface area contributed by atoms with Crippen LogP contribution in [0.3, 0.4) is 0 Å². The molecule has 0 radical (unpaired) electrons. The zero-order valence-electron chi connectivity index (χ0n) is 23.9. The van der Waals surface area contributed by atoms with Gasteiger partial charge in [-0.2, -0.15) is 9.47 Å². The Morgan fingerprint density at radius 3 is 2.63 bits per heavy atom. The van der Waals surface area contributed by atoms with E-state index in [1.54, 1.807) is 22.1 Å². The molecule has 1 aliphatic heterocycles. The molecule has 2 unspecified atom stereocenters. The minimum atomic E-state index is -1.10. The maximum Gasteiger partial charge on any atom is 0.281 e. The summed E-state index contributed by atoms with van der Waals surface area (Å²) in [5.74, 6) is 4.69. The van der Waals surface area contributed by atoms with Gasteiger partial charge in [0, 0.05) is 19.3 Å². The van der Waals surface area contributed by atoms with E-state index in [0.717, 1.165) is 34.3 Å². The van der Waals surface area contributed by atoms with Crippen LogP contribution in [0.4, 0.5) is 0 Å². The van der Waals surface area contributed by atoms with Gasteiger partial charge in [0.1, 0.15) is 11.6 Å². The van der Waals surface area contributed by atoms with Gasteiger partial charge in [-0.3, -0.25) is 18.8 Å². The van der Waals surface area contributed by atoms with Crippen molar-refractivity contribution >= 4 is 28.5 Å². The molecule has 6 rings (SSSR count). The van der Waals surface area contributed by atoms with Gasteiger partial charge in [-0.15, -0.1) is 6.42 Å². The molecule has 2 aliphatic carbocycles. The number of aliphatic hydroxyl groups is 1. The first-order valence-electron chi connectivity index (χ1n) is 15.2. The Labute approximate surface area is 245 Å². The maximum absolute atomic E-state index is 13.4. The van der Waals surface area contributed by atoms with Crippen molar-refractivity contribution in [2.45, 2.75) is 102 Å². The Morgan fingerprint density at radius 2 is 1.93 bits per heavy atom. The molecule has 0 spiro atoms. The number of aryl methyl sites for hydroxylation is 1. The molecule has 3 aromatic heterocycles. The first-order chi connectivity index (χ1) is 19.8. The molecular formula is C31H40N6O3S. The number of carbonyl (C=O) groups is 1. The highest BCUT2D eigenvalue weighted by atomic mass is 32.1. The van der Waals surface area contributed by atoms with E-state index in [9.17, 15) is 14.7 Å². The van der Waals surface area contributed by atoms with E-state index in [0.29, 0.717) is 37.4 Å². The Balaban J connectivity index is 1.09. The van der Waals surface area contributed by atoms with Gasteiger partial charge < -0.3 is 10.0 Å². The van der Waals surface area contributed by atoms with Gasteiger partial charge in [-0.05, 0) is 68.0 Å². The molecule has 1 amide bonds. The van der Waals surface area contributed by atoms with Crippen molar-refractivity contribution < 1.29 is 9.90 Å². The van der Waals surface area contributed by atoms with Gasteiger partial charge in [0.25, 0.3) is 5.56 Å². The third kappa shape index (κ3) is 5.84. The lowest BCUT2D eigenvalue weighted by molar-refractivity contribution is -0.136. The van der Waals surface area contributed by atoms with Crippen LogP contribution in [-0.2, 0) is 11.3 Å². The second-order valence-electron chi connectivity index (χ2n) is 12.5. The monoisotopic (exact) mass is 576 g/mol. The first kappa shape index (κ1) is 28.1. The summed E-state index contributed by atoms with van der Waals surface area (Å²) in [4.78, 5) is 34.0. The number of hydrogen-bond donors (Lipinski definition) is 1. The van der Waals surface area contributed by atoms with Crippen LogP contribution in [0, 0.1) is 31.1 Å². The van der Waals surface area contributed by atoms with Crippen LogP contribution in [0.25, 0.3) is 11.0 Å². The molecule has 1 saturated heterocycles. The van der Waals surface area contributed by atoms with Crippen LogP contribution >= 0.6 is 11.5 Å². The van der Waals surface area contributed by atoms with Crippen LogP contribution < -0.4 is 5.56 Å². The fraction of sp³-hybridized carbons (Fsp3) is 0.645. The number of aromatic nitrogens is 5. The molecule has 3 aromatic rings.